The fourth-order valence-corrected chi connectivity index (χ4v) is 2.54. The average Bonchev–Trinajstić information content (AvgIpc) is 3.19. The van der Waals surface area contributed by atoms with E-state index >= 15 is 0 Å². The maximum atomic E-state index is 11.7. The number of hydrogen-bond donors (Lipinski definition) is 1. The van der Waals surface area contributed by atoms with E-state index in [9.17, 15) is 4.79 Å². The number of aromatic nitrogens is 4. The van der Waals surface area contributed by atoms with Crippen molar-refractivity contribution in [2.75, 3.05) is 5.75 Å². The molecule has 7 heteroatoms. The summed E-state index contributed by atoms with van der Waals surface area (Å²) in [6.07, 6.45) is 5.67. The highest BCUT2D eigenvalue weighted by Crippen LogP contribution is 2.22. The highest BCUT2D eigenvalue weighted by molar-refractivity contribution is 7.99. The maximum Gasteiger partial charge on any atom is 0.230 e. The normalized spacial score (nSPS) is 14.2. The van der Waals surface area contributed by atoms with Crippen LogP contribution in [0.3, 0.4) is 0 Å². The summed E-state index contributed by atoms with van der Waals surface area (Å²) in [7, 11) is 1.89. The lowest BCUT2D eigenvalue weighted by Crippen LogP contribution is -2.27. The van der Waals surface area contributed by atoms with Crippen LogP contribution in [0, 0.1) is 0 Å². The van der Waals surface area contributed by atoms with Crippen molar-refractivity contribution in [1.82, 2.24) is 25.1 Å². The average molecular weight is 289 g/mol. The van der Waals surface area contributed by atoms with E-state index in [-0.39, 0.29) is 5.91 Å². The molecule has 1 aliphatic carbocycles. The predicted molar refractivity (Wildman–Crippen MR) is 76.1 cm³/mol. The molecule has 1 aliphatic rings. The summed E-state index contributed by atoms with van der Waals surface area (Å²) < 4.78 is 1.88. The van der Waals surface area contributed by atoms with Crippen LogP contribution in [0.4, 0.5) is 0 Å². The van der Waals surface area contributed by atoms with Gasteiger partial charge in [0.05, 0.1) is 5.75 Å². The summed E-state index contributed by atoms with van der Waals surface area (Å²) in [4.78, 5) is 15.7. The first-order valence-electron chi connectivity index (χ1n) is 6.46. The van der Waals surface area contributed by atoms with Crippen LogP contribution in [0.25, 0.3) is 11.4 Å². The molecule has 0 radical (unpaired) electrons. The summed E-state index contributed by atoms with van der Waals surface area (Å²) in [5, 5.41) is 12.0. The molecule has 104 valence electrons. The molecule has 0 spiro atoms. The zero-order valence-corrected chi connectivity index (χ0v) is 11.9. The van der Waals surface area contributed by atoms with Crippen LogP contribution in [0.5, 0.6) is 0 Å². The summed E-state index contributed by atoms with van der Waals surface area (Å²) in [6, 6.07) is 4.19. The predicted octanol–water partition coefficient (Wildman–Crippen LogP) is 1.25. The van der Waals surface area contributed by atoms with Gasteiger partial charge in [0.25, 0.3) is 0 Å². The van der Waals surface area contributed by atoms with Gasteiger partial charge in [-0.15, -0.1) is 10.2 Å². The molecular weight excluding hydrogens is 274 g/mol. The number of amides is 1. The second-order valence-corrected chi connectivity index (χ2v) is 5.68. The minimum absolute atomic E-state index is 0.0587. The standard InChI is InChI=1S/C13H15N5OS/c1-18-12(9-3-2-6-14-7-9)16-17-13(18)20-8-11(19)15-10-4-5-10/h2-3,6-7,10H,4-5,8H2,1H3,(H,15,19). The van der Waals surface area contributed by atoms with Gasteiger partial charge in [-0.25, -0.2) is 0 Å². The van der Waals surface area contributed by atoms with E-state index < -0.39 is 0 Å². The van der Waals surface area contributed by atoms with E-state index in [1.165, 1.54) is 11.8 Å². The molecule has 0 bridgehead atoms. The maximum absolute atomic E-state index is 11.7. The SMILES string of the molecule is Cn1c(SCC(=O)NC2CC2)nnc1-c1cccnc1. The topological polar surface area (TPSA) is 72.7 Å². The van der Waals surface area contributed by atoms with Crippen LogP contribution in [-0.2, 0) is 11.8 Å². The third-order valence-corrected chi connectivity index (χ3v) is 4.05. The molecule has 0 saturated heterocycles. The Bertz CT molecular complexity index is 608. The zero-order valence-electron chi connectivity index (χ0n) is 11.1. The number of thioether (sulfide) groups is 1. The third kappa shape index (κ3) is 2.98. The number of pyridine rings is 1. The molecule has 6 nitrogen and oxygen atoms in total. The Kier molecular flexibility index (Phi) is 3.68. The summed E-state index contributed by atoms with van der Waals surface area (Å²) in [6.45, 7) is 0. The Hall–Kier alpha value is -1.89. The lowest BCUT2D eigenvalue weighted by Gasteiger charge is -2.04. The van der Waals surface area contributed by atoms with Crippen LogP contribution in [-0.4, -0.2) is 37.5 Å². The second-order valence-electron chi connectivity index (χ2n) is 4.74. The van der Waals surface area contributed by atoms with Crippen LogP contribution in [0.2, 0.25) is 0 Å². The molecule has 0 aromatic carbocycles. The molecule has 0 unspecified atom stereocenters. The molecule has 1 N–H and O–H groups in total. The lowest BCUT2D eigenvalue weighted by atomic mass is 10.3. The molecule has 1 fully saturated rings. The smallest absolute Gasteiger partial charge is 0.230 e. The van der Waals surface area contributed by atoms with Crippen LogP contribution in [0.15, 0.2) is 29.7 Å². The van der Waals surface area contributed by atoms with Crippen molar-refractivity contribution in [3.63, 3.8) is 0 Å². The van der Waals surface area contributed by atoms with Crippen LogP contribution in [0.1, 0.15) is 12.8 Å². The Balaban J connectivity index is 1.65. The minimum Gasteiger partial charge on any atom is -0.353 e. The molecular formula is C13H15N5OS. The van der Waals surface area contributed by atoms with E-state index in [0.29, 0.717) is 11.8 Å². The molecule has 1 saturated carbocycles. The van der Waals surface area contributed by atoms with Gasteiger partial charge in [-0.2, -0.15) is 0 Å². The van der Waals surface area contributed by atoms with Crippen molar-refractivity contribution in [3.05, 3.63) is 24.5 Å². The Morgan fingerprint density at radius 2 is 2.35 bits per heavy atom. The Morgan fingerprint density at radius 3 is 3.05 bits per heavy atom. The number of nitrogens with zero attached hydrogens (tertiary/aromatic N) is 4. The van der Waals surface area contributed by atoms with Crippen molar-refractivity contribution in [2.24, 2.45) is 7.05 Å². The number of hydrogen-bond acceptors (Lipinski definition) is 5. The molecule has 2 heterocycles. The number of nitrogens with one attached hydrogen (secondary N) is 1. The summed E-state index contributed by atoms with van der Waals surface area (Å²) >= 11 is 1.40. The molecule has 2 aromatic heterocycles. The van der Waals surface area contributed by atoms with Gasteiger partial charge in [0.2, 0.25) is 5.91 Å². The van der Waals surface area contributed by atoms with E-state index in [1.807, 2.05) is 23.7 Å². The number of carbonyl (C=O) groups is 1. The molecule has 0 aliphatic heterocycles. The molecule has 3 rings (SSSR count). The largest absolute Gasteiger partial charge is 0.353 e. The monoisotopic (exact) mass is 289 g/mol. The van der Waals surface area contributed by atoms with Gasteiger partial charge in [-0.05, 0) is 25.0 Å². The molecule has 1 amide bonds. The first kappa shape index (κ1) is 13.1. The van der Waals surface area contributed by atoms with Crippen LogP contribution >= 0.6 is 11.8 Å². The van der Waals surface area contributed by atoms with Gasteiger partial charge >= 0.3 is 0 Å². The number of carbonyl (C=O) groups excluding carboxylic acids is 1. The fourth-order valence-electron chi connectivity index (χ4n) is 1.81. The minimum atomic E-state index is 0.0587. The van der Waals surface area contributed by atoms with Crippen molar-refractivity contribution < 1.29 is 4.79 Å². The molecule has 0 atom stereocenters. The van der Waals surface area contributed by atoms with Crippen molar-refractivity contribution in [1.29, 1.82) is 0 Å². The van der Waals surface area contributed by atoms with Gasteiger partial charge in [-0.1, -0.05) is 11.8 Å². The summed E-state index contributed by atoms with van der Waals surface area (Å²) in [5.41, 5.74) is 0.914. The second kappa shape index (κ2) is 5.62. The summed E-state index contributed by atoms with van der Waals surface area (Å²) in [5.74, 6) is 1.18. The molecule has 20 heavy (non-hydrogen) atoms. The van der Waals surface area contributed by atoms with Crippen molar-refractivity contribution in [3.8, 4) is 11.4 Å². The zero-order chi connectivity index (χ0) is 13.9. The first-order valence-corrected chi connectivity index (χ1v) is 7.44. The van der Waals surface area contributed by atoms with E-state index in [4.69, 9.17) is 0 Å². The fraction of sp³-hybridized carbons (Fsp3) is 0.385. The molecule has 2 aromatic rings. The van der Waals surface area contributed by atoms with Crippen molar-refractivity contribution >= 4 is 17.7 Å². The number of rotatable bonds is 5. The first-order chi connectivity index (χ1) is 9.74. The van der Waals surface area contributed by atoms with E-state index in [2.05, 4.69) is 20.5 Å². The van der Waals surface area contributed by atoms with Gasteiger partial charge in [0.1, 0.15) is 0 Å². The quantitative estimate of drug-likeness (QED) is 0.839. The lowest BCUT2D eigenvalue weighted by molar-refractivity contribution is -0.118. The highest BCUT2D eigenvalue weighted by atomic mass is 32.2. The van der Waals surface area contributed by atoms with E-state index in [0.717, 1.165) is 29.4 Å². The van der Waals surface area contributed by atoms with Gasteiger partial charge in [0.15, 0.2) is 11.0 Å². The van der Waals surface area contributed by atoms with Gasteiger partial charge in [0, 0.05) is 31.0 Å². The Labute approximate surface area is 121 Å². The van der Waals surface area contributed by atoms with Gasteiger partial charge in [-0.3, -0.25) is 9.78 Å². The Morgan fingerprint density at radius 1 is 1.50 bits per heavy atom. The van der Waals surface area contributed by atoms with Crippen LogP contribution < -0.4 is 5.32 Å². The van der Waals surface area contributed by atoms with E-state index in [1.54, 1.807) is 12.4 Å². The van der Waals surface area contributed by atoms with Crippen molar-refractivity contribution in [2.45, 2.75) is 24.0 Å². The van der Waals surface area contributed by atoms with Gasteiger partial charge < -0.3 is 9.88 Å². The third-order valence-electron chi connectivity index (χ3n) is 3.03. The highest BCUT2D eigenvalue weighted by Gasteiger charge is 2.23.